The Morgan fingerprint density at radius 3 is 2.95 bits per heavy atom. The summed E-state index contributed by atoms with van der Waals surface area (Å²) >= 11 is 1.08. The van der Waals surface area contributed by atoms with Gasteiger partial charge < -0.3 is 9.88 Å². The standard InChI is InChI=1S/C10H13N7O2S/c1-3-4-11-9-12-5-7(17(18)19)8(14-9)20-10-15-13-6-16(10)2/h5-6H,3-4H2,1-2H3,(H,11,12,14). The van der Waals surface area contributed by atoms with Crippen LogP contribution in [0.3, 0.4) is 0 Å². The topological polar surface area (TPSA) is 112 Å². The Balaban J connectivity index is 2.31. The summed E-state index contributed by atoms with van der Waals surface area (Å²) in [5.74, 6) is 0.363. The van der Waals surface area contributed by atoms with Crippen molar-refractivity contribution in [1.29, 1.82) is 0 Å². The van der Waals surface area contributed by atoms with Crippen LogP contribution in [0.5, 0.6) is 0 Å². The second-order valence-corrected chi connectivity index (χ2v) is 4.85. The molecule has 0 spiro atoms. The highest BCUT2D eigenvalue weighted by Crippen LogP contribution is 2.31. The van der Waals surface area contributed by atoms with Crippen LogP contribution >= 0.6 is 11.8 Å². The summed E-state index contributed by atoms with van der Waals surface area (Å²) in [4.78, 5) is 18.6. The van der Waals surface area contributed by atoms with Gasteiger partial charge in [-0.15, -0.1) is 10.2 Å². The molecule has 0 bridgehead atoms. The smallest absolute Gasteiger partial charge is 0.320 e. The van der Waals surface area contributed by atoms with Crippen molar-refractivity contribution in [1.82, 2.24) is 24.7 Å². The molecule has 9 nitrogen and oxygen atoms in total. The fourth-order valence-electron chi connectivity index (χ4n) is 1.33. The van der Waals surface area contributed by atoms with Gasteiger partial charge in [0.25, 0.3) is 0 Å². The number of nitrogens with zero attached hydrogens (tertiary/aromatic N) is 6. The normalized spacial score (nSPS) is 10.5. The van der Waals surface area contributed by atoms with Gasteiger partial charge in [0, 0.05) is 13.6 Å². The lowest BCUT2D eigenvalue weighted by Crippen LogP contribution is -2.06. The molecule has 20 heavy (non-hydrogen) atoms. The Hall–Kier alpha value is -2.23. The van der Waals surface area contributed by atoms with E-state index in [9.17, 15) is 10.1 Å². The molecule has 0 radical (unpaired) electrons. The predicted octanol–water partition coefficient (Wildman–Crippen LogP) is 1.49. The minimum absolute atomic E-state index is 0.153. The molecule has 2 aromatic heterocycles. The molecule has 10 heteroatoms. The first kappa shape index (κ1) is 14.2. The number of aromatic nitrogens is 5. The SMILES string of the molecule is CCCNc1ncc([N+](=O)[O-])c(Sc2nncn2C)n1. The van der Waals surface area contributed by atoms with Gasteiger partial charge in [-0.25, -0.2) is 4.98 Å². The summed E-state index contributed by atoms with van der Waals surface area (Å²) in [6.07, 6.45) is 3.63. The van der Waals surface area contributed by atoms with Crippen molar-refractivity contribution >= 4 is 23.4 Å². The van der Waals surface area contributed by atoms with Crippen molar-refractivity contribution in [2.45, 2.75) is 23.5 Å². The summed E-state index contributed by atoms with van der Waals surface area (Å²) in [6.45, 7) is 2.71. The number of rotatable bonds is 6. The predicted molar refractivity (Wildman–Crippen MR) is 72.6 cm³/mol. The van der Waals surface area contributed by atoms with Gasteiger partial charge in [0.2, 0.25) is 5.95 Å². The summed E-state index contributed by atoms with van der Waals surface area (Å²) in [7, 11) is 1.76. The van der Waals surface area contributed by atoms with Gasteiger partial charge in [-0.3, -0.25) is 10.1 Å². The first-order valence-electron chi connectivity index (χ1n) is 5.89. The first-order valence-corrected chi connectivity index (χ1v) is 6.70. The van der Waals surface area contributed by atoms with Crippen molar-refractivity contribution in [2.75, 3.05) is 11.9 Å². The van der Waals surface area contributed by atoms with Gasteiger partial charge in [0.05, 0.1) is 4.92 Å². The first-order chi connectivity index (χ1) is 9.61. The third-order valence-electron chi connectivity index (χ3n) is 2.32. The average Bonchev–Trinajstić information content (AvgIpc) is 2.82. The van der Waals surface area contributed by atoms with Crippen molar-refractivity contribution in [3.63, 3.8) is 0 Å². The highest BCUT2D eigenvalue weighted by molar-refractivity contribution is 7.99. The van der Waals surface area contributed by atoms with E-state index in [0.29, 0.717) is 17.6 Å². The zero-order valence-corrected chi connectivity index (χ0v) is 11.8. The van der Waals surface area contributed by atoms with E-state index in [1.807, 2.05) is 6.92 Å². The van der Waals surface area contributed by atoms with Crippen LogP contribution in [-0.4, -0.2) is 36.2 Å². The third-order valence-corrected chi connectivity index (χ3v) is 3.37. The number of hydrogen-bond donors (Lipinski definition) is 1. The summed E-state index contributed by atoms with van der Waals surface area (Å²) in [5.41, 5.74) is -0.153. The van der Waals surface area contributed by atoms with E-state index in [1.54, 1.807) is 11.6 Å². The highest BCUT2D eigenvalue weighted by Gasteiger charge is 2.20. The Morgan fingerprint density at radius 1 is 1.55 bits per heavy atom. The van der Waals surface area contributed by atoms with Gasteiger partial charge >= 0.3 is 5.69 Å². The number of hydrogen-bond acceptors (Lipinski definition) is 8. The summed E-state index contributed by atoms with van der Waals surface area (Å²) in [6, 6.07) is 0. The molecule has 0 fully saturated rings. The Morgan fingerprint density at radius 2 is 2.35 bits per heavy atom. The van der Waals surface area contributed by atoms with Crippen molar-refractivity contribution < 1.29 is 4.92 Å². The zero-order valence-electron chi connectivity index (χ0n) is 11.0. The molecule has 0 saturated heterocycles. The van der Waals surface area contributed by atoms with Crippen LogP contribution in [0.4, 0.5) is 11.6 Å². The van der Waals surface area contributed by atoms with E-state index >= 15 is 0 Å². The number of anilines is 1. The highest BCUT2D eigenvalue weighted by atomic mass is 32.2. The Bertz CT molecular complexity index is 615. The molecule has 0 aromatic carbocycles. The number of nitro groups is 1. The van der Waals surface area contributed by atoms with Gasteiger partial charge in [0.1, 0.15) is 12.5 Å². The van der Waals surface area contributed by atoms with Crippen molar-refractivity contribution in [2.24, 2.45) is 7.05 Å². The number of aryl methyl sites for hydroxylation is 1. The third kappa shape index (κ3) is 3.20. The van der Waals surface area contributed by atoms with Crippen LogP contribution in [-0.2, 0) is 7.05 Å². The van der Waals surface area contributed by atoms with Crippen LogP contribution in [0, 0.1) is 10.1 Å². The van der Waals surface area contributed by atoms with Crippen LogP contribution < -0.4 is 5.32 Å². The van der Waals surface area contributed by atoms with E-state index in [2.05, 4.69) is 25.5 Å². The minimum atomic E-state index is -0.512. The van der Waals surface area contributed by atoms with Crippen molar-refractivity contribution in [3.05, 3.63) is 22.6 Å². The van der Waals surface area contributed by atoms with Gasteiger partial charge in [-0.1, -0.05) is 6.92 Å². The van der Waals surface area contributed by atoms with E-state index < -0.39 is 4.92 Å². The molecule has 0 aliphatic heterocycles. The molecule has 0 unspecified atom stereocenters. The van der Waals surface area contributed by atoms with E-state index in [4.69, 9.17) is 0 Å². The minimum Gasteiger partial charge on any atom is -0.354 e. The molecule has 1 N–H and O–H groups in total. The van der Waals surface area contributed by atoms with Gasteiger partial charge in [0.15, 0.2) is 10.2 Å². The maximum absolute atomic E-state index is 11.0. The van der Waals surface area contributed by atoms with Crippen molar-refractivity contribution in [3.8, 4) is 0 Å². The Labute approximate surface area is 119 Å². The lowest BCUT2D eigenvalue weighted by molar-refractivity contribution is -0.388. The second-order valence-electron chi connectivity index (χ2n) is 3.89. The molecule has 0 saturated carbocycles. The van der Waals surface area contributed by atoms with E-state index in [1.165, 1.54) is 12.5 Å². The quantitative estimate of drug-likeness (QED) is 0.484. The maximum atomic E-state index is 11.0. The number of nitrogens with one attached hydrogen (secondary N) is 1. The molecule has 0 amide bonds. The average molecular weight is 295 g/mol. The van der Waals surface area contributed by atoms with Crippen LogP contribution in [0.2, 0.25) is 0 Å². The molecule has 0 aliphatic carbocycles. The monoisotopic (exact) mass is 295 g/mol. The molecule has 0 atom stereocenters. The summed E-state index contributed by atoms with van der Waals surface area (Å²) < 4.78 is 1.66. The second kappa shape index (κ2) is 6.28. The van der Waals surface area contributed by atoms with E-state index in [-0.39, 0.29) is 10.7 Å². The molecular weight excluding hydrogens is 282 g/mol. The zero-order chi connectivity index (χ0) is 14.5. The Kier molecular flexibility index (Phi) is 4.45. The lowest BCUT2D eigenvalue weighted by Gasteiger charge is -2.05. The van der Waals surface area contributed by atoms with Crippen LogP contribution in [0.15, 0.2) is 22.7 Å². The fraction of sp³-hybridized carbons (Fsp3) is 0.400. The molecule has 2 rings (SSSR count). The fourth-order valence-corrected chi connectivity index (χ4v) is 2.15. The summed E-state index contributed by atoms with van der Waals surface area (Å²) in [5, 5.41) is 22.4. The molecular formula is C10H13N7O2S. The van der Waals surface area contributed by atoms with Gasteiger partial charge in [-0.05, 0) is 18.2 Å². The molecule has 0 aliphatic rings. The maximum Gasteiger partial charge on any atom is 0.320 e. The van der Waals surface area contributed by atoms with E-state index in [0.717, 1.165) is 18.2 Å². The molecule has 2 heterocycles. The largest absolute Gasteiger partial charge is 0.354 e. The van der Waals surface area contributed by atoms with Gasteiger partial charge in [-0.2, -0.15) is 4.98 Å². The lowest BCUT2D eigenvalue weighted by atomic mass is 10.5. The molecule has 2 aromatic rings. The molecule has 106 valence electrons. The van der Waals surface area contributed by atoms with Crippen LogP contribution in [0.1, 0.15) is 13.3 Å². The van der Waals surface area contributed by atoms with Crippen LogP contribution in [0.25, 0.3) is 0 Å².